The fourth-order valence-electron chi connectivity index (χ4n) is 2.66. The van der Waals surface area contributed by atoms with Gasteiger partial charge < -0.3 is 10.1 Å². The Labute approximate surface area is 151 Å². The van der Waals surface area contributed by atoms with E-state index in [1.165, 1.54) is 5.56 Å². The molecule has 1 N–H and O–H groups in total. The largest absolute Gasteiger partial charge is 0.481 e. The summed E-state index contributed by atoms with van der Waals surface area (Å²) in [5.74, 6) is 1.46. The molecule has 1 atom stereocenters. The van der Waals surface area contributed by atoms with Gasteiger partial charge >= 0.3 is 0 Å². The lowest BCUT2D eigenvalue weighted by Crippen LogP contribution is -2.30. The van der Waals surface area contributed by atoms with Crippen LogP contribution in [0.4, 0.5) is 5.69 Å². The van der Waals surface area contributed by atoms with Gasteiger partial charge in [-0.05, 0) is 60.6 Å². The van der Waals surface area contributed by atoms with Gasteiger partial charge in [-0.2, -0.15) is 0 Å². The zero-order chi connectivity index (χ0) is 18.6. The van der Waals surface area contributed by atoms with Crippen LogP contribution in [0, 0.1) is 6.92 Å². The highest BCUT2D eigenvalue weighted by Gasteiger charge is 2.18. The quantitative estimate of drug-likeness (QED) is 0.739. The molecular weight excluding hydrogens is 310 g/mol. The van der Waals surface area contributed by atoms with Gasteiger partial charge in [-0.3, -0.25) is 4.79 Å². The summed E-state index contributed by atoms with van der Waals surface area (Å²) in [6, 6.07) is 14.1. The van der Waals surface area contributed by atoms with Gasteiger partial charge in [0.1, 0.15) is 5.75 Å². The predicted molar refractivity (Wildman–Crippen MR) is 105 cm³/mol. The van der Waals surface area contributed by atoms with E-state index in [9.17, 15) is 4.79 Å². The number of aryl methyl sites for hydroxylation is 1. The van der Waals surface area contributed by atoms with Crippen LogP contribution in [0.25, 0.3) is 0 Å². The molecule has 1 unspecified atom stereocenters. The number of ether oxygens (including phenoxy) is 1. The van der Waals surface area contributed by atoms with E-state index in [-0.39, 0.29) is 5.91 Å². The van der Waals surface area contributed by atoms with Gasteiger partial charge in [0.2, 0.25) is 0 Å². The highest BCUT2D eigenvalue weighted by atomic mass is 16.5. The molecule has 0 spiro atoms. The van der Waals surface area contributed by atoms with Gasteiger partial charge in [0.15, 0.2) is 6.10 Å². The lowest BCUT2D eigenvalue weighted by molar-refractivity contribution is -0.122. The lowest BCUT2D eigenvalue weighted by atomic mass is 10.0. The Morgan fingerprint density at radius 1 is 0.920 bits per heavy atom. The molecule has 3 nitrogen and oxygen atoms in total. The van der Waals surface area contributed by atoms with Gasteiger partial charge in [0.25, 0.3) is 5.91 Å². The van der Waals surface area contributed by atoms with Gasteiger partial charge in [-0.15, -0.1) is 0 Å². The summed E-state index contributed by atoms with van der Waals surface area (Å²) in [5.41, 5.74) is 4.28. The zero-order valence-corrected chi connectivity index (χ0v) is 16.1. The number of rotatable bonds is 6. The van der Waals surface area contributed by atoms with Crippen molar-refractivity contribution in [2.75, 3.05) is 5.32 Å². The van der Waals surface area contributed by atoms with E-state index in [0.717, 1.165) is 22.6 Å². The topological polar surface area (TPSA) is 38.3 Å². The first-order valence-corrected chi connectivity index (χ1v) is 8.96. The van der Waals surface area contributed by atoms with Crippen LogP contribution in [-0.4, -0.2) is 12.0 Å². The summed E-state index contributed by atoms with van der Waals surface area (Å²) in [4.78, 5) is 12.5. The first kappa shape index (κ1) is 19.0. The van der Waals surface area contributed by atoms with Crippen LogP contribution < -0.4 is 10.1 Å². The Balaban J connectivity index is 2.06. The summed E-state index contributed by atoms with van der Waals surface area (Å²) < 4.78 is 5.97. The number of amides is 1. The van der Waals surface area contributed by atoms with Crippen molar-refractivity contribution in [3.05, 3.63) is 59.2 Å². The zero-order valence-electron chi connectivity index (χ0n) is 16.1. The third-order valence-electron chi connectivity index (χ3n) is 4.31. The molecule has 1 amide bonds. The molecule has 0 aromatic heterocycles. The van der Waals surface area contributed by atoms with Gasteiger partial charge in [0.05, 0.1) is 0 Å². The highest BCUT2D eigenvalue weighted by molar-refractivity contribution is 5.94. The minimum atomic E-state index is -0.566. The third-order valence-corrected chi connectivity index (χ3v) is 4.31. The standard InChI is InChI=1S/C22H29NO2/c1-14(2)18-8-10-19(11-9-18)23-22(24)17(6)25-21-13-16(5)7-12-20(21)15(3)4/h7-15,17H,1-6H3,(H,23,24). The Morgan fingerprint density at radius 2 is 1.56 bits per heavy atom. The summed E-state index contributed by atoms with van der Waals surface area (Å²) in [5, 5.41) is 2.93. The SMILES string of the molecule is Cc1ccc(C(C)C)c(OC(C)C(=O)Nc2ccc(C(C)C)cc2)c1. The third kappa shape index (κ3) is 5.09. The van der Waals surface area contributed by atoms with E-state index in [4.69, 9.17) is 4.74 Å². The number of benzene rings is 2. The summed E-state index contributed by atoms with van der Waals surface area (Å²) in [7, 11) is 0. The van der Waals surface area contributed by atoms with Crippen LogP contribution in [0.2, 0.25) is 0 Å². The van der Waals surface area contributed by atoms with E-state index in [1.54, 1.807) is 6.92 Å². The summed E-state index contributed by atoms with van der Waals surface area (Å²) >= 11 is 0. The van der Waals surface area contributed by atoms with Gasteiger partial charge in [0, 0.05) is 5.69 Å². The molecule has 0 bridgehead atoms. The molecule has 2 aromatic carbocycles. The Hall–Kier alpha value is -2.29. The molecule has 0 aliphatic carbocycles. The van der Waals surface area contributed by atoms with Crippen molar-refractivity contribution in [1.29, 1.82) is 0 Å². The molecule has 2 rings (SSSR count). The highest BCUT2D eigenvalue weighted by Crippen LogP contribution is 2.28. The summed E-state index contributed by atoms with van der Waals surface area (Å²) in [6.07, 6.45) is -0.566. The maximum absolute atomic E-state index is 12.5. The van der Waals surface area contributed by atoms with Crippen LogP contribution in [0.15, 0.2) is 42.5 Å². The molecule has 0 radical (unpaired) electrons. The number of hydrogen-bond donors (Lipinski definition) is 1. The van der Waals surface area contributed by atoms with E-state index in [1.807, 2.05) is 37.3 Å². The number of anilines is 1. The van der Waals surface area contributed by atoms with Crippen LogP contribution in [0.3, 0.4) is 0 Å². The van der Waals surface area contributed by atoms with E-state index in [0.29, 0.717) is 11.8 Å². The molecule has 0 saturated carbocycles. The molecule has 2 aromatic rings. The molecule has 0 aliphatic heterocycles. The molecule has 0 saturated heterocycles. The van der Waals surface area contributed by atoms with Crippen LogP contribution >= 0.6 is 0 Å². The predicted octanol–water partition coefficient (Wildman–Crippen LogP) is 5.65. The second kappa shape index (κ2) is 8.19. The van der Waals surface area contributed by atoms with Crippen LogP contribution in [0.1, 0.15) is 63.1 Å². The van der Waals surface area contributed by atoms with Crippen molar-refractivity contribution in [2.24, 2.45) is 0 Å². The first-order chi connectivity index (χ1) is 11.8. The van der Waals surface area contributed by atoms with Crippen molar-refractivity contribution < 1.29 is 9.53 Å². The second-order valence-electron chi connectivity index (χ2n) is 7.22. The molecule has 0 fully saturated rings. The van der Waals surface area contributed by atoms with Gasteiger partial charge in [-0.1, -0.05) is 52.0 Å². The van der Waals surface area contributed by atoms with E-state index in [2.05, 4.69) is 45.1 Å². The Morgan fingerprint density at radius 3 is 2.12 bits per heavy atom. The maximum atomic E-state index is 12.5. The van der Waals surface area contributed by atoms with Gasteiger partial charge in [-0.25, -0.2) is 0 Å². The Bertz CT molecular complexity index is 717. The first-order valence-electron chi connectivity index (χ1n) is 8.96. The summed E-state index contributed by atoms with van der Waals surface area (Å²) in [6.45, 7) is 12.4. The normalized spacial score (nSPS) is 12.3. The fraction of sp³-hybridized carbons (Fsp3) is 0.409. The molecule has 3 heteroatoms. The molecular formula is C22H29NO2. The molecule has 0 aliphatic rings. The number of nitrogens with one attached hydrogen (secondary N) is 1. The molecule has 0 heterocycles. The molecule has 134 valence electrons. The van der Waals surface area contributed by atoms with Crippen molar-refractivity contribution in [3.63, 3.8) is 0 Å². The van der Waals surface area contributed by atoms with E-state index >= 15 is 0 Å². The second-order valence-corrected chi connectivity index (χ2v) is 7.22. The minimum Gasteiger partial charge on any atom is -0.481 e. The van der Waals surface area contributed by atoms with Crippen LogP contribution in [-0.2, 0) is 4.79 Å². The number of hydrogen-bond acceptors (Lipinski definition) is 2. The van der Waals surface area contributed by atoms with Crippen molar-refractivity contribution in [3.8, 4) is 5.75 Å². The monoisotopic (exact) mass is 339 g/mol. The van der Waals surface area contributed by atoms with Crippen molar-refractivity contribution >= 4 is 11.6 Å². The minimum absolute atomic E-state index is 0.145. The number of carbonyl (C=O) groups is 1. The lowest BCUT2D eigenvalue weighted by Gasteiger charge is -2.19. The number of carbonyl (C=O) groups excluding carboxylic acids is 1. The van der Waals surface area contributed by atoms with Crippen molar-refractivity contribution in [2.45, 2.75) is 59.5 Å². The maximum Gasteiger partial charge on any atom is 0.265 e. The average Bonchev–Trinajstić information content (AvgIpc) is 2.55. The fourth-order valence-corrected chi connectivity index (χ4v) is 2.66. The molecule has 25 heavy (non-hydrogen) atoms. The smallest absolute Gasteiger partial charge is 0.265 e. The Kier molecular flexibility index (Phi) is 6.24. The van der Waals surface area contributed by atoms with Crippen LogP contribution in [0.5, 0.6) is 5.75 Å². The van der Waals surface area contributed by atoms with Crippen molar-refractivity contribution in [1.82, 2.24) is 0 Å². The average molecular weight is 339 g/mol. The van der Waals surface area contributed by atoms with E-state index < -0.39 is 6.10 Å².